The van der Waals surface area contributed by atoms with Gasteiger partial charge in [-0.1, -0.05) is 6.07 Å². The Morgan fingerprint density at radius 1 is 0.938 bits per heavy atom. The number of anilines is 1. The zero-order chi connectivity index (χ0) is 21.5. The quantitative estimate of drug-likeness (QED) is 0.477. The van der Waals surface area contributed by atoms with E-state index in [1.54, 1.807) is 12.4 Å². The summed E-state index contributed by atoms with van der Waals surface area (Å²) < 4.78 is 13.3. The molecule has 0 spiro atoms. The van der Waals surface area contributed by atoms with Crippen LogP contribution in [0, 0.1) is 0 Å². The lowest BCUT2D eigenvalue weighted by molar-refractivity contribution is 0.174. The summed E-state index contributed by atoms with van der Waals surface area (Å²) in [5, 5.41) is 4.13. The van der Waals surface area contributed by atoms with E-state index in [0.29, 0.717) is 10.9 Å². The lowest BCUT2D eigenvalue weighted by Crippen LogP contribution is -2.30. The first kappa shape index (κ1) is 18.8. The first-order valence-electron chi connectivity index (χ1n) is 10.3. The number of thiocarbonyl (C=S) groups is 1. The second-order valence-corrected chi connectivity index (χ2v) is 7.94. The molecule has 0 saturated carbocycles. The molecular weight excluding hydrogens is 422 g/mol. The first-order valence-corrected chi connectivity index (χ1v) is 10.7. The van der Waals surface area contributed by atoms with E-state index in [-0.39, 0.29) is 18.9 Å². The molecule has 2 aliphatic heterocycles. The van der Waals surface area contributed by atoms with Crippen molar-refractivity contribution in [1.29, 1.82) is 0 Å². The van der Waals surface area contributed by atoms with Gasteiger partial charge in [-0.25, -0.2) is 0 Å². The Hall–Kier alpha value is -3.91. The van der Waals surface area contributed by atoms with Crippen molar-refractivity contribution >= 4 is 23.0 Å². The number of rotatable bonds is 4. The van der Waals surface area contributed by atoms with E-state index in [1.807, 2.05) is 67.0 Å². The minimum absolute atomic E-state index is 0.139. The Kier molecular flexibility index (Phi) is 4.50. The molecule has 1 aromatic carbocycles. The fourth-order valence-electron chi connectivity index (χ4n) is 4.34. The first-order chi connectivity index (χ1) is 15.8. The fraction of sp³-hybridized carbons (Fsp3) is 0.125. The number of hydrogen-bond acceptors (Lipinski definition) is 5. The third-order valence-electron chi connectivity index (χ3n) is 5.74. The number of pyridine rings is 2. The van der Waals surface area contributed by atoms with Crippen LogP contribution in [0.5, 0.6) is 11.5 Å². The molecule has 0 aliphatic carbocycles. The molecule has 0 unspecified atom stereocenters. The number of aromatic nitrogens is 3. The lowest BCUT2D eigenvalue weighted by Gasteiger charge is -2.29. The molecule has 1 saturated heterocycles. The van der Waals surface area contributed by atoms with Gasteiger partial charge in [-0.3, -0.25) is 9.97 Å². The van der Waals surface area contributed by atoms with E-state index >= 15 is 0 Å². The van der Waals surface area contributed by atoms with E-state index in [1.165, 1.54) is 0 Å². The van der Waals surface area contributed by atoms with Crippen LogP contribution in [0.2, 0.25) is 0 Å². The number of nitrogens with one attached hydrogen (secondary N) is 1. The van der Waals surface area contributed by atoms with Gasteiger partial charge in [-0.05, 0) is 60.7 Å². The molecular formula is C24H19N5O2S. The van der Waals surface area contributed by atoms with Crippen molar-refractivity contribution < 1.29 is 9.47 Å². The van der Waals surface area contributed by atoms with Gasteiger partial charge in [0.05, 0.1) is 23.6 Å². The maximum atomic E-state index is 5.83. The largest absolute Gasteiger partial charge is 0.454 e. The van der Waals surface area contributed by atoms with Crippen LogP contribution in [0.15, 0.2) is 85.5 Å². The maximum Gasteiger partial charge on any atom is 0.231 e. The zero-order valence-electron chi connectivity index (χ0n) is 17.0. The summed E-state index contributed by atoms with van der Waals surface area (Å²) in [5.74, 6) is 1.45. The van der Waals surface area contributed by atoms with Gasteiger partial charge in [0, 0.05) is 36.0 Å². The van der Waals surface area contributed by atoms with E-state index in [4.69, 9.17) is 21.7 Å². The summed E-state index contributed by atoms with van der Waals surface area (Å²) in [6, 6.07) is 19.7. The van der Waals surface area contributed by atoms with Gasteiger partial charge < -0.3 is 24.3 Å². The molecule has 3 aromatic heterocycles. The number of ether oxygens (including phenoxy) is 2. The minimum Gasteiger partial charge on any atom is -0.454 e. The van der Waals surface area contributed by atoms with Crippen molar-refractivity contribution in [2.75, 3.05) is 11.7 Å². The van der Waals surface area contributed by atoms with Gasteiger partial charge in [0.1, 0.15) is 6.04 Å². The summed E-state index contributed by atoms with van der Waals surface area (Å²) >= 11 is 5.83. The van der Waals surface area contributed by atoms with Crippen LogP contribution in [0.3, 0.4) is 0 Å². The zero-order valence-corrected chi connectivity index (χ0v) is 17.8. The number of nitrogens with zero attached hydrogens (tertiary/aromatic N) is 4. The van der Waals surface area contributed by atoms with Crippen molar-refractivity contribution in [3.05, 3.63) is 96.8 Å². The molecule has 2 atom stereocenters. The van der Waals surface area contributed by atoms with Gasteiger partial charge >= 0.3 is 0 Å². The highest BCUT2D eigenvalue weighted by molar-refractivity contribution is 7.80. The molecule has 0 radical (unpaired) electrons. The van der Waals surface area contributed by atoms with Crippen LogP contribution < -0.4 is 19.7 Å². The number of benzene rings is 1. The highest BCUT2D eigenvalue weighted by Crippen LogP contribution is 2.44. The van der Waals surface area contributed by atoms with Crippen molar-refractivity contribution in [3.8, 4) is 17.2 Å². The van der Waals surface area contributed by atoms with Crippen LogP contribution in [0.25, 0.3) is 5.69 Å². The predicted molar refractivity (Wildman–Crippen MR) is 124 cm³/mol. The van der Waals surface area contributed by atoms with Crippen LogP contribution in [0.1, 0.15) is 23.5 Å². The molecule has 32 heavy (non-hydrogen) atoms. The van der Waals surface area contributed by atoms with E-state index in [0.717, 1.165) is 28.5 Å². The Labute approximate surface area is 190 Å². The molecule has 8 heteroatoms. The third-order valence-corrected chi connectivity index (χ3v) is 6.05. The smallest absolute Gasteiger partial charge is 0.231 e. The van der Waals surface area contributed by atoms with Gasteiger partial charge in [-0.15, -0.1) is 0 Å². The molecule has 6 rings (SSSR count). The van der Waals surface area contributed by atoms with Crippen LogP contribution >= 0.6 is 12.2 Å². The van der Waals surface area contributed by atoms with Crippen molar-refractivity contribution in [2.24, 2.45) is 0 Å². The highest BCUT2D eigenvalue weighted by atomic mass is 32.1. The van der Waals surface area contributed by atoms with Crippen molar-refractivity contribution in [3.63, 3.8) is 0 Å². The highest BCUT2D eigenvalue weighted by Gasteiger charge is 2.42. The minimum atomic E-state index is -0.145. The molecule has 5 heterocycles. The van der Waals surface area contributed by atoms with Crippen molar-refractivity contribution in [2.45, 2.75) is 12.1 Å². The predicted octanol–water partition coefficient (Wildman–Crippen LogP) is 4.17. The normalized spacial score (nSPS) is 19.2. The number of hydrogen-bond donors (Lipinski definition) is 1. The summed E-state index contributed by atoms with van der Waals surface area (Å²) in [5.41, 5.74) is 3.89. The topological polar surface area (TPSA) is 64.4 Å². The summed E-state index contributed by atoms with van der Waals surface area (Å²) in [4.78, 5) is 11.1. The summed E-state index contributed by atoms with van der Waals surface area (Å²) in [6.07, 6.45) is 7.47. The molecule has 2 aliphatic rings. The van der Waals surface area contributed by atoms with Gasteiger partial charge in [-0.2, -0.15) is 0 Å². The molecule has 0 amide bonds. The van der Waals surface area contributed by atoms with Gasteiger partial charge in [0.15, 0.2) is 16.6 Å². The molecule has 158 valence electrons. The Balaban J connectivity index is 1.50. The van der Waals surface area contributed by atoms with E-state index < -0.39 is 0 Å². The second kappa shape index (κ2) is 7.65. The van der Waals surface area contributed by atoms with E-state index in [9.17, 15) is 0 Å². The average molecular weight is 442 g/mol. The SMILES string of the molecule is S=C1N[C@@H](c2ccccn2)[C@@H](c2cccn2-c2cccnc2)N1c1ccc2c(c1)OCO2. The van der Waals surface area contributed by atoms with Crippen LogP contribution in [-0.2, 0) is 0 Å². The molecule has 1 fully saturated rings. The molecule has 7 nitrogen and oxygen atoms in total. The van der Waals surface area contributed by atoms with Crippen LogP contribution in [-0.4, -0.2) is 26.4 Å². The fourth-order valence-corrected chi connectivity index (χ4v) is 4.68. The maximum absolute atomic E-state index is 5.83. The Bertz CT molecular complexity index is 1280. The van der Waals surface area contributed by atoms with E-state index in [2.05, 4.69) is 30.8 Å². The summed E-state index contributed by atoms with van der Waals surface area (Å²) in [7, 11) is 0. The number of fused-ring (bicyclic) bond motifs is 1. The van der Waals surface area contributed by atoms with Gasteiger partial charge in [0.2, 0.25) is 6.79 Å². The Morgan fingerprint density at radius 2 is 1.88 bits per heavy atom. The van der Waals surface area contributed by atoms with Crippen LogP contribution in [0.4, 0.5) is 5.69 Å². The second-order valence-electron chi connectivity index (χ2n) is 7.55. The molecule has 1 N–H and O–H groups in total. The Morgan fingerprint density at radius 3 is 2.72 bits per heavy atom. The molecule has 4 aromatic rings. The average Bonchev–Trinajstić information content (AvgIpc) is 3.57. The monoisotopic (exact) mass is 441 g/mol. The molecule has 0 bridgehead atoms. The third kappa shape index (κ3) is 3.07. The lowest BCUT2D eigenvalue weighted by atomic mass is 10.0. The summed E-state index contributed by atoms with van der Waals surface area (Å²) in [6.45, 7) is 0.228. The standard InChI is InChI=1S/C24H19N5O2S/c32-24-27-22(18-6-1-2-11-26-18)23(19-7-4-12-28(19)17-5-3-10-25-14-17)29(24)16-8-9-20-21(13-16)31-15-30-20/h1-14,22-23H,15H2,(H,27,32)/t22-,23+/m0/s1. The van der Waals surface area contributed by atoms with Gasteiger partial charge in [0.25, 0.3) is 0 Å². The van der Waals surface area contributed by atoms with Crippen molar-refractivity contribution in [1.82, 2.24) is 19.9 Å².